The summed E-state index contributed by atoms with van der Waals surface area (Å²) in [7, 11) is 0. The lowest BCUT2D eigenvalue weighted by atomic mass is 10.1. The highest BCUT2D eigenvalue weighted by Gasteiger charge is 2.27. The van der Waals surface area contributed by atoms with Crippen LogP contribution in [0.3, 0.4) is 0 Å². The molecular weight excluding hydrogens is 282 g/mol. The number of nitrogens with one attached hydrogen (secondary N) is 1. The largest absolute Gasteiger partial charge is 0.482 e. The number of hydrogen-bond acceptors (Lipinski definition) is 4. The van der Waals surface area contributed by atoms with E-state index in [9.17, 15) is 9.59 Å². The van der Waals surface area contributed by atoms with Crippen LogP contribution in [0, 0.1) is 5.92 Å². The number of nitrogens with zero attached hydrogens (tertiary/aromatic N) is 1. The fourth-order valence-corrected chi connectivity index (χ4v) is 2.19. The van der Waals surface area contributed by atoms with Crippen LogP contribution in [-0.2, 0) is 9.59 Å². The molecule has 0 fully saturated rings. The maximum atomic E-state index is 12.1. The van der Waals surface area contributed by atoms with E-state index in [-0.39, 0.29) is 31.0 Å². The number of benzene rings is 1. The number of carbonyl (C=O) groups is 2. The number of nitrogens with two attached hydrogens (primary N) is 1. The molecule has 1 heterocycles. The summed E-state index contributed by atoms with van der Waals surface area (Å²) in [4.78, 5) is 25.6. The van der Waals surface area contributed by atoms with Crippen LogP contribution in [0.4, 0.5) is 5.69 Å². The fourth-order valence-electron chi connectivity index (χ4n) is 2.19. The van der Waals surface area contributed by atoms with E-state index >= 15 is 0 Å². The van der Waals surface area contributed by atoms with Crippen molar-refractivity contribution < 1.29 is 14.3 Å². The Kier molecular flexibility index (Phi) is 5.03. The van der Waals surface area contributed by atoms with Gasteiger partial charge in [0.15, 0.2) is 6.61 Å². The Hall–Kier alpha value is -2.08. The van der Waals surface area contributed by atoms with Gasteiger partial charge in [-0.3, -0.25) is 14.5 Å². The first-order valence-electron chi connectivity index (χ1n) is 7.48. The van der Waals surface area contributed by atoms with Gasteiger partial charge in [-0.2, -0.15) is 0 Å². The predicted octanol–water partition coefficient (Wildman–Crippen LogP) is 1.20. The molecule has 0 spiro atoms. The molecule has 1 aromatic rings. The van der Waals surface area contributed by atoms with E-state index in [4.69, 9.17) is 10.5 Å². The lowest BCUT2D eigenvalue weighted by molar-refractivity contribution is -0.125. The molecule has 6 nitrogen and oxygen atoms in total. The fraction of sp³-hybridized carbons (Fsp3) is 0.500. The van der Waals surface area contributed by atoms with Gasteiger partial charge in [0, 0.05) is 12.6 Å². The van der Waals surface area contributed by atoms with Gasteiger partial charge in [-0.15, -0.1) is 0 Å². The number of amides is 2. The topological polar surface area (TPSA) is 84.7 Å². The smallest absolute Gasteiger partial charge is 0.265 e. The van der Waals surface area contributed by atoms with Crippen LogP contribution in [-0.4, -0.2) is 31.5 Å². The SMILES string of the molecule is CC(C)CNC(=O)CN1C(=O)COc2ccc(C(C)N)cc21. The van der Waals surface area contributed by atoms with Gasteiger partial charge < -0.3 is 15.8 Å². The van der Waals surface area contributed by atoms with Crippen LogP contribution in [0.15, 0.2) is 18.2 Å². The Morgan fingerprint density at radius 2 is 2.14 bits per heavy atom. The third-order valence-corrected chi connectivity index (χ3v) is 3.46. The van der Waals surface area contributed by atoms with Crippen LogP contribution in [0.2, 0.25) is 0 Å². The Morgan fingerprint density at radius 1 is 1.41 bits per heavy atom. The first kappa shape index (κ1) is 16.3. The Balaban J connectivity index is 2.19. The number of rotatable bonds is 5. The van der Waals surface area contributed by atoms with Crippen molar-refractivity contribution in [1.29, 1.82) is 0 Å². The molecule has 0 aliphatic carbocycles. The zero-order valence-electron chi connectivity index (χ0n) is 13.3. The first-order valence-corrected chi connectivity index (χ1v) is 7.48. The van der Waals surface area contributed by atoms with E-state index in [2.05, 4.69) is 5.32 Å². The maximum Gasteiger partial charge on any atom is 0.265 e. The van der Waals surface area contributed by atoms with E-state index < -0.39 is 0 Å². The molecule has 2 rings (SSSR count). The summed E-state index contributed by atoms with van der Waals surface area (Å²) in [5.74, 6) is 0.553. The molecule has 120 valence electrons. The molecule has 3 N–H and O–H groups in total. The Labute approximate surface area is 130 Å². The summed E-state index contributed by atoms with van der Waals surface area (Å²) < 4.78 is 5.42. The summed E-state index contributed by atoms with van der Waals surface area (Å²) in [6.07, 6.45) is 0. The van der Waals surface area contributed by atoms with Gasteiger partial charge in [-0.25, -0.2) is 0 Å². The van der Waals surface area contributed by atoms with Crippen LogP contribution < -0.4 is 20.7 Å². The number of hydrogen-bond donors (Lipinski definition) is 2. The standard InChI is InChI=1S/C16H23N3O3/c1-10(2)7-18-15(20)8-19-13-6-12(11(3)17)4-5-14(13)22-9-16(19)21/h4-6,10-11H,7-9,17H2,1-3H3,(H,18,20). The van der Waals surface area contributed by atoms with Gasteiger partial charge in [0.1, 0.15) is 12.3 Å². The van der Waals surface area contributed by atoms with Crippen LogP contribution in [0.25, 0.3) is 0 Å². The van der Waals surface area contributed by atoms with Crippen LogP contribution >= 0.6 is 0 Å². The second kappa shape index (κ2) is 6.79. The lowest BCUT2D eigenvalue weighted by Crippen LogP contribution is -2.45. The Morgan fingerprint density at radius 3 is 2.77 bits per heavy atom. The highest BCUT2D eigenvalue weighted by atomic mass is 16.5. The minimum absolute atomic E-state index is 0.00960. The van der Waals surface area contributed by atoms with Crippen molar-refractivity contribution in [1.82, 2.24) is 5.32 Å². The van der Waals surface area contributed by atoms with Crippen molar-refractivity contribution >= 4 is 17.5 Å². The van der Waals surface area contributed by atoms with Crippen molar-refractivity contribution in [3.63, 3.8) is 0 Å². The minimum Gasteiger partial charge on any atom is -0.482 e. The number of fused-ring (bicyclic) bond motifs is 1. The van der Waals surface area contributed by atoms with Crippen molar-refractivity contribution in [3.8, 4) is 5.75 Å². The molecule has 0 saturated heterocycles. The summed E-state index contributed by atoms with van der Waals surface area (Å²) in [6, 6.07) is 5.32. The highest BCUT2D eigenvalue weighted by Crippen LogP contribution is 2.33. The van der Waals surface area contributed by atoms with E-state index in [0.29, 0.717) is 23.9 Å². The molecule has 0 bridgehead atoms. The molecule has 6 heteroatoms. The molecule has 0 radical (unpaired) electrons. The maximum absolute atomic E-state index is 12.1. The minimum atomic E-state index is -0.228. The molecule has 22 heavy (non-hydrogen) atoms. The highest BCUT2D eigenvalue weighted by molar-refractivity contribution is 6.02. The summed E-state index contributed by atoms with van der Waals surface area (Å²) in [5, 5.41) is 2.82. The molecule has 1 aliphatic heterocycles. The lowest BCUT2D eigenvalue weighted by Gasteiger charge is -2.29. The molecule has 1 atom stereocenters. The second-order valence-corrected chi connectivity index (χ2v) is 5.98. The van der Waals surface area contributed by atoms with E-state index in [1.807, 2.05) is 32.9 Å². The van der Waals surface area contributed by atoms with Crippen LogP contribution in [0.5, 0.6) is 5.75 Å². The molecule has 0 aromatic heterocycles. The molecule has 1 aliphatic rings. The van der Waals surface area contributed by atoms with Crippen molar-refractivity contribution in [2.75, 3.05) is 24.6 Å². The van der Waals surface area contributed by atoms with Gasteiger partial charge in [-0.05, 0) is 30.5 Å². The van der Waals surface area contributed by atoms with Gasteiger partial charge in [0.05, 0.1) is 5.69 Å². The first-order chi connectivity index (χ1) is 10.4. The monoisotopic (exact) mass is 305 g/mol. The van der Waals surface area contributed by atoms with Crippen LogP contribution in [0.1, 0.15) is 32.4 Å². The molecule has 1 aromatic carbocycles. The quantitative estimate of drug-likeness (QED) is 0.856. The van der Waals surface area contributed by atoms with E-state index in [1.165, 1.54) is 4.90 Å². The van der Waals surface area contributed by atoms with Crippen molar-refractivity contribution in [3.05, 3.63) is 23.8 Å². The number of anilines is 1. The van der Waals surface area contributed by atoms with Gasteiger partial charge in [0.25, 0.3) is 5.91 Å². The van der Waals surface area contributed by atoms with Gasteiger partial charge in [0.2, 0.25) is 5.91 Å². The van der Waals surface area contributed by atoms with Gasteiger partial charge in [-0.1, -0.05) is 19.9 Å². The van der Waals surface area contributed by atoms with Crippen molar-refractivity contribution in [2.45, 2.75) is 26.8 Å². The zero-order chi connectivity index (χ0) is 16.3. The number of ether oxygens (including phenoxy) is 1. The summed E-state index contributed by atoms with van der Waals surface area (Å²) in [6.45, 7) is 6.43. The third-order valence-electron chi connectivity index (χ3n) is 3.46. The third kappa shape index (κ3) is 3.76. The van der Waals surface area contributed by atoms with Gasteiger partial charge >= 0.3 is 0 Å². The van der Waals surface area contributed by atoms with E-state index in [1.54, 1.807) is 6.07 Å². The van der Waals surface area contributed by atoms with Crippen molar-refractivity contribution in [2.24, 2.45) is 11.7 Å². The molecular formula is C16H23N3O3. The molecule has 0 saturated carbocycles. The predicted molar refractivity (Wildman–Crippen MR) is 84.7 cm³/mol. The summed E-state index contributed by atoms with van der Waals surface area (Å²) >= 11 is 0. The Bertz CT molecular complexity index is 570. The normalized spacial score (nSPS) is 15.3. The molecule has 1 unspecified atom stereocenters. The summed E-state index contributed by atoms with van der Waals surface area (Å²) in [5.41, 5.74) is 7.38. The average Bonchev–Trinajstić information content (AvgIpc) is 2.47. The molecule has 2 amide bonds. The number of carbonyl (C=O) groups excluding carboxylic acids is 2. The second-order valence-electron chi connectivity index (χ2n) is 5.98. The zero-order valence-corrected chi connectivity index (χ0v) is 13.3. The van der Waals surface area contributed by atoms with E-state index in [0.717, 1.165) is 5.56 Å². The average molecular weight is 305 g/mol.